The van der Waals surface area contributed by atoms with Crippen LogP contribution >= 0.6 is 11.6 Å². The van der Waals surface area contributed by atoms with Gasteiger partial charge in [-0.25, -0.2) is 0 Å². The Morgan fingerprint density at radius 3 is 2.67 bits per heavy atom. The summed E-state index contributed by atoms with van der Waals surface area (Å²) < 4.78 is 12.1. The molecule has 2 nitrogen and oxygen atoms in total. The molecule has 15 heavy (non-hydrogen) atoms. The molecule has 0 aliphatic heterocycles. The fourth-order valence-electron chi connectivity index (χ4n) is 1.75. The molecule has 2 unspecified atom stereocenters. The highest BCUT2D eigenvalue weighted by molar-refractivity contribution is 7.85. The molecule has 1 aliphatic carbocycles. The first kappa shape index (κ1) is 10.8. The van der Waals surface area contributed by atoms with Gasteiger partial charge in [0, 0.05) is 18.1 Å². The fraction of sp³-hybridized carbons (Fsp3) is 0.364. The number of hydrogen-bond donors (Lipinski definition) is 0. The summed E-state index contributed by atoms with van der Waals surface area (Å²) in [5.41, 5.74) is 0. The van der Waals surface area contributed by atoms with E-state index in [0.29, 0.717) is 22.8 Å². The second kappa shape index (κ2) is 4.45. The Morgan fingerprint density at radius 1 is 1.33 bits per heavy atom. The van der Waals surface area contributed by atoms with E-state index in [1.165, 1.54) is 0 Å². The van der Waals surface area contributed by atoms with Gasteiger partial charge in [0.05, 0.1) is 20.7 Å². The third-order valence-corrected chi connectivity index (χ3v) is 4.80. The summed E-state index contributed by atoms with van der Waals surface area (Å²) in [6.07, 6.45) is 1.70. The predicted molar refractivity (Wildman–Crippen MR) is 60.5 cm³/mol. The average Bonchev–Trinajstić information content (AvgIpc) is 2.65. The molecule has 0 spiro atoms. The summed E-state index contributed by atoms with van der Waals surface area (Å²) >= 11 is 5.96. The van der Waals surface area contributed by atoms with Crippen molar-refractivity contribution in [1.82, 2.24) is 0 Å². The molecule has 0 aromatic heterocycles. The first-order chi connectivity index (χ1) is 7.18. The third-order valence-electron chi connectivity index (χ3n) is 2.56. The molecule has 0 amide bonds. The van der Waals surface area contributed by atoms with Crippen molar-refractivity contribution in [2.24, 2.45) is 0 Å². The largest absolute Gasteiger partial charge is 0.300 e. The minimum Gasteiger partial charge on any atom is -0.300 e. The molecule has 80 valence electrons. The molecule has 1 aromatic rings. The Hall–Kier alpha value is -0.670. The second-order valence-electron chi connectivity index (χ2n) is 3.63. The van der Waals surface area contributed by atoms with Crippen LogP contribution in [0.5, 0.6) is 0 Å². The van der Waals surface area contributed by atoms with Gasteiger partial charge >= 0.3 is 0 Å². The van der Waals surface area contributed by atoms with Crippen LogP contribution in [0.2, 0.25) is 5.02 Å². The van der Waals surface area contributed by atoms with Gasteiger partial charge < -0.3 is 0 Å². The minimum absolute atomic E-state index is 0.0441. The van der Waals surface area contributed by atoms with E-state index in [2.05, 4.69) is 0 Å². The quantitative estimate of drug-likeness (QED) is 0.799. The number of Topliss-reactive ketones (excluding diaryl/α,β-unsaturated/α-hetero) is 1. The third kappa shape index (κ3) is 2.29. The molecular formula is C11H11ClO2S. The van der Waals surface area contributed by atoms with Crippen LogP contribution in [0, 0.1) is 0 Å². The van der Waals surface area contributed by atoms with Crippen LogP contribution < -0.4 is 0 Å². The van der Waals surface area contributed by atoms with E-state index in [4.69, 9.17) is 11.6 Å². The van der Waals surface area contributed by atoms with Gasteiger partial charge in [-0.15, -0.1) is 0 Å². The summed E-state index contributed by atoms with van der Waals surface area (Å²) in [4.78, 5) is 11.8. The molecule has 0 saturated heterocycles. The van der Waals surface area contributed by atoms with Crippen LogP contribution in [0.4, 0.5) is 0 Å². The number of benzene rings is 1. The van der Waals surface area contributed by atoms with Gasteiger partial charge in [-0.3, -0.25) is 9.00 Å². The molecule has 4 heteroatoms. The maximum absolute atomic E-state index is 12.1. The number of halogens is 1. The van der Waals surface area contributed by atoms with Crippen LogP contribution in [0.15, 0.2) is 29.2 Å². The van der Waals surface area contributed by atoms with Gasteiger partial charge in [-0.2, -0.15) is 0 Å². The highest BCUT2D eigenvalue weighted by Crippen LogP contribution is 2.28. The number of carbonyl (C=O) groups excluding carboxylic acids is 1. The Labute approximate surface area is 96.1 Å². The van der Waals surface area contributed by atoms with E-state index in [1.54, 1.807) is 12.1 Å². The standard InChI is InChI=1S/C11H11ClO2S/c12-10-3-1-2-4-11(10)15(14)9-6-5-8(13)7-9/h1-4,9H,5-7H2. The van der Waals surface area contributed by atoms with Crippen molar-refractivity contribution in [2.45, 2.75) is 29.4 Å². The van der Waals surface area contributed by atoms with Gasteiger partial charge in [-0.05, 0) is 18.6 Å². The van der Waals surface area contributed by atoms with Gasteiger partial charge in [0.15, 0.2) is 0 Å². The first-order valence-electron chi connectivity index (χ1n) is 4.85. The van der Waals surface area contributed by atoms with Crippen molar-refractivity contribution < 1.29 is 9.00 Å². The number of ketones is 1. The molecule has 2 rings (SSSR count). The average molecular weight is 243 g/mol. The smallest absolute Gasteiger partial charge is 0.134 e. The Morgan fingerprint density at radius 2 is 2.07 bits per heavy atom. The van der Waals surface area contributed by atoms with Crippen molar-refractivity contribution in [3.63, 3.8) is 0 Å². The lowest BCUT2D eigenvalue weighted by molar-refractivity contribution is -0.117. The molecule has 0 bridgehead atoms. The maximum Gasteiger partial charge on any atom is 0.134 e. The second-order valence-corrected chi connectivity index (χ2v) is 5.74. The zero-order chi connectivity index (χ0) is 10.8. The zero-order valence-electron chi connectivity index (χ0n) is 8.11. The minimum atomic E-state index is -1.14. The number of carbonyl (C=O) groups is 1. The van der Waals surface area contributed by atoms with Gasteiger partial charge in [0.2, 0.25) is 0 Å². The van der Waals surface area contributed by atoms with Crippen molar-refractivity contribution >= 4 is 28.2 Å². The summed E-state index contributed by atoms with van der Waals surface area (Å²) in [5, 5.41) is 0.479. The Balaban J connectivity index is 2.21. The summed E-state index contributed by atoms with van der Waals surface area (Å²) in [6.45, 7) is 0. The molecule has 0 heterocycles. The molecule has 1 aliphatic rings. The van der Waals surface area contributed by atoms with Crippen molar-refractivity contribution in [2.75, 3.05) is 0 Å². The predicted octanol–water partition coefficient (Wildman–Crippen LogP) is 2.57. The summed E-state index contributed by atoms with van der Waals surface area (Å²) in [7, 11) is -1.14. The molecule has 0 radical (unpaired) electrons. The Kier molecular flexibility index (Phi) is 3.22. The van der Waals surface area contributed by atoms with E-state index >= 15 is 0 Å². The highest BCUT2D eigenvalue weighted by Gasteiger charge is 2.28. The molecule has 0 N–H and O–H groups in total. The van der Waals surface area contributed by atoms with E-state index in [-0.39, 0.29) is 11.0 Å². The molecule has 2 atom stereocenters. The summed E-state index contributed by atoms with van der Waals surface area (Å²) in [6, 6.07) is 7.12. The van der Waals surface area contributed by atoms with Crippen LogP contribution in [0.3, 0.4) is 0 Å². The van der Waals surface area contributed by atoms with Crippen molar-refractivity contribution in [3.05, 3.63) is 29.3 Å². The van der Waals surface area contributed by atoms with Gasteiger partial charge in [-0.1, -0.05) is 23.7 Å². The van der Waals surface area contributed by atoms with Gasteiger partial charge in [0.1, 0.15) is 5.78 Å². The topological polar surface area (TPSA) is 34.1 Å². The maximum atomic E-state index is 12.1. The molecular weight excluding hydrogens is 232 g/mol. The highest BCUT2D eigenvalue weighted by atomic mass is 35.5. The lowest BCUT2D eigenvalue weighted by Crippen LogP contribution is -2.11. The van der Waals surface area contributed by atoms with Crippen molar-refractivity contribution in [1.29, 1.82) is 0 Å². The first-order valence-corrected chi connectivity index (χ1v) is 6.44. The van der Waals surface area contributed by atoms with Crippen LogP contribution in [-0.2, 0) is 15.6 Å². The van der Waals surface area contributed by atoms with E-state index in [0.717, 1.165) is 6.42 Å². The van der Waals surface area contributed by atoms with Crippen LogP contribution in [-0.4, -0.2) is 15.2 Å². The molecule has 1 aromatic carbocycles. The lowest BCUT2D eigenvalue weighted by atomic mass is 10.4. The van der Waals surface area contributed by atoms with Crippen LogP contribution in [0.1, 0.15) is 19.3 Å². The number of hydrogen-bond acceptors (Lipinski definition) is 2. The monoisotopic (exact) mass is 242 g/mol. The molecule has 1 saturated carbocycles. The SMILES string of the molecule is O=C1CCC(S(=O)c2ccccc2Cl)C1. The van der Waals surface area contributed by atoms with Gasteiger partial charge in [0.25, 0.3) is 0 Å². The zero-order valence-corrected chi connectivity index (χ0v) is 9.68. The van der Waals surface area contributed by atoms with E-state index in [1.807, 2.05) is 12.1 Å². The van der Waals surface area contributed by atoms with E-state index < -0.39 is 10.8 Å². The molecule has 1 fully saturated rings. The van der Waals surface area contributed by atoms with E-state index in [9.17, 15) is 9.00 Å². The lowest BCUT2D eigenvalue weighted by Gasteiger charge is -2.09. The Bertz CT molecular complexity index is 417. The van der Waals surface area contributed by atoms with Crippen LogP contribution in [0.25, 0.3) is 0 Å². The fourth-order valence-corrected chi connectivity index (χ4v) is 3.62. The number of rotatable bonds is 2. The van der Waals surface area contributed by atoms with Crippen molar-refractivity contribution in [3.8, 4) is 0 Å². The summed E-state index contributed by atoms with van der Waals surface area (Å²) in [5.74, 6) is 0.209. The normalized spacial score (nSPS) is 23.0.